The van der Waals surface area contributed by atoms with Gasteiger partial charge in [0.05, 0.1) is 6.10 Å². The molecule has 0 saturated heterocycles. The second kappa shape index (κ2) is 4.96. The number of hydrogen-bond acceptors (Lipinski definition) is 1. The Morgan fingerprint density at radius 3 is 2.56 bits per heavy atom. The van der Waals surface area contributed by atoms with Gasteiger partial charge in [-0.15, -0.1) is 0 Å². The molecule has 1 nitrogen and oxygen atoms in total. The van der Waals surface area contributed by atoms with Gasteiger partial charge >= 0.3 is 0 Å². The van der Waals surface area contributed by atoms with Gasteiger partial charge in [0.1, 0.15) is 5.82 Å². The fourth-order valence-electron chi connectivity index (χ4n) is 2.70. The molecular formula is C14H19FO. The molecule has 1 aliphatic carbocycles. The molecule has 1 saturated carbocycles. The lowest BCUT2D eigenvalue weighted by molar-refractivity contribution is 0.109. The zero-order valence-electron chi connectivity index (χ0n) is 9.70. The Balaban J connectivity index is 2.02. The van der Waals surface area contributed by atoms with Crippen LogP contribution in [0.2, 0.25) is 0 Å². The van der Waals surface area contributed by atoms with E-state index in [0.29, 0.717) is 5.92 Å². The van der Waals surface area contributed by atoms with Crippen molar-refractivity contribution in [1.29, 1.82) is 0 Å². The first-order chi connectivity index (χ1) is 7.70. The van der Waals surface area contributed by atoms with E-state index in [4.69, 9.17) is 0 Å². The lowest BCUT2D eigenvalue weighted by Crippen LogP contribution is -2.09. The molecule has 1 aromatic rings. The van der Waals surface area contributed by atoms with Crippen molar-refractivity contribution < 1.29 is 9.50 Å². The van der Waals surface area contributed by atoms with Crippen LogP contribution in [0, 0.1) is 17.7 Å². The van der Waals surface area contributed by atoms with Crippen molar-refractivity contribution in [1.82, 2.24) is 0 Å². The Bertz CT molecular complexity index is 333. The van der Waals surface area contributed by atoms with Crippen LogP contribution in [-0.2, 0) is 0 Å². The van der Waals surface area contributed by atoms with Crippen LogP contribution in [-0.4, -0.2) is 5.11 Å². The third kappa shape index (κ3) is 2.43. The van der Waals surface area contributed by atoms with Gasteiger partial charge in [-0.25, -0.2) is 4.39 Å². The van der Waals surface area contributed by atoms with Crippen molar-refractivity contribution in [2.24, 2.45) is 11.8 Å². The number of benzene rings is 1. The van der Waals surface area contributed by atoms with Crippen molar-refractivity contribution in [3.8, 4) is 0 Å². The topological polar surface area (TPSA) is 20.2 Å². The van der Waals surface area contributed by atoms with Gasteiger partial charge in [-0.1, -0.05) is 31.9 Å². The Morgan fingerprint density at radius 2 is 2.00 bits per heavy atom. The van der Waals surface area contributed by atoms with Gasteiger partial charge in [0, 0.05) is 0 Å². The van der Waals surface area contributed by atoms with E-state index in [2.05, 4.69) is 6.92 Å². The first-order valence-electron chi connectivity index (χ1n) is 6.14. The highest BCUT2D eigenvalue weighted by molar-refractivity contribution is 5.19. The molecule has 1 aromatic carbocycles. The summed E-state index contributed by atoms with van der Waals surface area (Å²) < 4.78 is 12.8. The monoisotopic (exact) mass is 222 g/mol. The Labute approximate surface area is 96.3 Å². The maximum absolute atomic E-state index is 12.8. The summed E-state index contributed by atoms with van der Waals surface area (Å²) in [5, 5.41) is 10.2. The minimum Gasteiger partial charge on any atom is -0.388 e. The second-order valence-corrected chi connectivity index (χ2v) is 4.84. The molecule has 0 radical (unpaired) electrons. The summed E-state index contributed by atoms with van der Waals surface area (Å²) in [6, 6.07) is 6.23. The van der Waals surface area contributed by atoms with Crippen LogP contribution < -0.4 is 0 Å². The quantitative estimate of drug-likeness (QED) is 0.827. The molecule has 16 heavy (non-hydrogen) atoms. The average Bonchev–Trinajstić information content (AvgIpc) is 2.77. The SMILES string of the molecule is CCC1CCC(C(O)c2ccc(F)cc2)C1. The number of halogens is 1. The highest BCUT2D eigenvalue weighted by Crippen LogP contribution is 2.40. The summed E-state index contributed by atoms with van der Waals surface area (Å²) in [7, 11) is 0. The summed E-state index contributed by atoms with van der Waals surface area (Å²) in [6.45, 7) is 2.21. The van der Waals surface area contributed by atoms with Gasteiger partial charge in [-0.05, 0) is 42.4 Å². The van der Waals surface area contributed by atoms with Crippen LogP contribution in [0.5, 0.6) is 0 Å². The molecule has 0 amide bonds. The predicted octanol–water partition coefficient (Wildman–Crippen LogP) is 3.69. The molecule has 3 atom stereocenters. The Kier molecular flexibility index (Phi) is 3.59. The van der Waals surface area contributed by atoms with E-state index in [-0.39, 0.29) is 5.82 Å². The first kappa shape index (κ1) is 11.6. The first-order valence-corrected chi connectivity index (χ1v) is 6.14. The number of hydrogen-bond donors (Lipinski definition) is 1. The van der Waals surface area contributed by atoms with Crippen LogP contribution >= 0.6 is 0 Å². The summed E-state index contributed by atoms with van der Waals surface area (Å²) in [6.07, 6.45) is 4.20. The van der Waals surface area contributed by atoms with Crippen molar-refractivity contribution >= 4 is 0 Å². The van der Waals surface area contributed by atoms with Crippen LogP contribution in [0.1, 0.15) is 44.3 Å². The van der Waals surface area contributed by atoms with E-state index in [1.807, 2.05) is 0 Å². The maximum Gasteiger partial charge on any atom is 0.123 e. The standard InChI is InChI=1S/C14H19FO/c1-2-10-3-4-12(9-10)14(16)11-5-7-13(15)8-6-11/h5-8,10,12,14,16H,2-4,9H2,1H3. The zero-order chi connectivity index (χ0) is 11.5. The van der Waals surface area contributed by atoms with Gasteiger partial charge in [-0.2, -0.15) is 0 Å². The smallest absolute Gasteiger partial charge is 0.123 e. The van der Waals surface area contributed by atoms with E-state index in [9.17, 15) is 9.50 Å². The van der Waals surface area contributed by atoms with Gasteiger partial charge in [0.2, 0.25) is 0 Å². The van der Waals surface area contributed by atoms with Crippen LogP contribution in [0.15, 0.2) is 24.3 Å². The summed E-state index contributed by atoms with van der Waals surface area (Å²) >= 11 is 0. The third-order valence-electron chi connectivity index (χ3n) is 3.82. The lowest BCUT2D eigenvalue weighted by atomic mass is 9.93. The molecule has 88 valence electrons. The third-order valence-corrected chi connectivity index (χ3v) is 3.82. The molecule has 2 heteroatoms. The molecule has 1 fully saturated rings. The minimum atomic E-state index is -0.419. The average molecular weight is 222 g/mol. The number of rotatable bonds is 3. The lowest BCUT2D eigenvalue weighted by Gasteiger charge is -2.18. The summed E-state index contributed by atoms with van der Waals surface area (Å²) in [5.74, 6) is 0.879. The zero-order valence-corrected chi connectivity index (χ0v) is 9.70. The van der Waals surface area contributed by atoms with Crippen molar-refractivity contribution in [2.45, 2.75) is 38.7 Å². The normalized spacial score (nSPS) is 26.9. The predicted molar refractivity (Wildman–Crippen MR) is 62.5 cm³/mol. The fourth-order valence-corrected chi connectivity index (χ4v) is 2.70. The molecule has 0 bridgehead atoms. The highest BCUT2D eigenvalue weighted by atomic mass is 19.1. The second-order valence-electron chi connectivity index (χ2n) is 4.84. The van der Waals surface area contributed by atoms with Crippen LogP contribution in [0.3, 0.4) is 0 Å². The molecular weight excluding hydrogens is 203 g/mol. The van der Waals surface area contributed by atoms with Gasteiger partial charge < -0.3 is 5.11 Å². The van der Waals surface area contributed by atoms with E-state index in [0.717, 1.165) is 24.3 Å². The molecule has 3 unspecified atom stereocenters. The Morgan fingerprint density at radius 1 is 1.31 bits per heavy atom. The van der Waals surface area contributed by atoms with E-state index >= 15 is 0 Å². The Hall–Kier alpha value is -0.890. The van der Waals surface area contributed by atoms with Gasteiger partial charge in [0.15, 0.2) is 0 Å². The highest BCUT2D eigenvalue weighted by Gasteiger charge is 2.29. The molecule has 0 aliphatic heterocycles. The summed E-state index contributed by atoms with van der Waals surface area (Å²) in [4.78, 5) is 0. The van der Waals surface area contributed by atoms with Gasteiger partial charge in [0.25, 0.3) is 0 Å². The van der Waals surface area contributed by atoms with E-state index in [1.54, 1.807) is 12.1 Å². The van der Waals surface area contributed by atoms with Crippen molar-refractivity contribution in [3.05, 3.63) is 35.6 Å². The molecule has 0 spiro atoms. The van der Waals surface area contributed by atoms with E-state index in [1.165, 1.54) is 25.0 Å². The van der Waals surface area contributed by atoms with Crippen molar-refractivity contribution in [2.75, 3.05) is 0 Å². The maximum atomic E-state index is 12.8. The van der Waals surface area contributed by atoms with Crippen LogP contribution in [0.4, 0.5) is 4.39 Å². The number of aliphatic hydroxyl groups excluding tert-OH is 1. The molecule has 2 rings (SSSR count). The molecule has 0 heterocycles. The summed E-state index contributed by atoms with van der Waals surface area (Å²) in [5.41, 5.74) is 0.850. The van der Waals surface area contributed by atoms with Crippen LogP contribution in [0.25, 0.3) is 0 Å². The molecule has 1 N–H and O–H groups in total. The van der Waals surface area contributed by atoms with E-state index < -0.39 is 6.10 Å². The van der Waals surface area contributed by atoms with Crippen molar-refractivity contribution in [3.63, 3.8) is 0 Å². The molecule has 0 aromatic heterocycles. The minimum absolute atomic E-state index is 0.242. The van der Waals surface area contributed by atoms with Gasteiger partial charge in [-0.3, -0.25) is 0 Å². The number of aliphatic hydroxyl groups is 1. The fraction of sp³-hybridized carbons (Fsp3) is 0.571. The largest absolute Gasteiger partial charge is 0.388 e. The molecule has 1 aliphatic rings.